The molecule has 3 aromatic rings. The number of nitrogens with zero attached hydrogens (tertiary/aromatic N) is 3. The Morgan fingerprint density at radius 3 is 2.75 bits per heavy atom. The molecule has 4 nitrogen and oxygen atoms in total. The largest absolute Gasteiger partial charge is 0.494 e. The summed E-state index contributed by atoms with van der Waals surface area (Å²) in [4.78, 5) is 0. The number of thioether (sulfide) groups is 1. The van der Waals surface area contributed by atoms with Gasteiger partial charge in [0.15, 0.2) is 11.0 Å². The Bertz CT molecular complexity index is 835. The fourth-order valence-electron chi connectivity index (χ4n) is 2.34. The van der Waals surface area contributed by atoms with Gasteiger partial charge in [-0.3, -0.25) is 0 Å². The lowest BCUT2D eigenvalue weighted by Crippen LogP contribution is -1.96. The molecule has 0 aliphatic carbocycles. The van der Waals surface area contributed by atoms with E-state index in [0.717, 1.165) is 32.5 Å². The van der Waals surface area contributed by atoms with Gasteiger partial charge in [-0.2, -0.15) is 0 Å². The first kappa shape index (κ1) is 17.0. The standard InChI is InChI=1S/C18H18BrN3OS/c1-3-23-15-9-6-8-13(11-15)17-20-21-18(22(17)2)24-12-14-7-4-5-10-16(14)19/h4-11H,3,12H2,1-2H3. The van der Waals surface area contributed by atoms with Crippen molar-refractivity contribution >= 4 is 27.7 Å². The third-order valence-corrected chi connectivity index (χ3v) is 5.40. The maximum Gasteiger partial charge on any atom is 0.191 e. The van der Waals surface area contributed by atoms with Crippen LogP contribution in [0.1, 0.15) is 12.5 Å². The van der Waals surface area contributed by atoms with Gasteiger partial charge in [0.05, 0.1) is 6.61 Å². The summed E-state index contributed by atoms with van der Waals surface area (Å²) in [6.45, 7) is 2.63. The Balaban J connectivity index is 1.79. The molecule has 24 heavy (non-hydrogen) atoms. The maximum atomic E-state index is 5.57. The van der Waals surface area contributed by atoms with Gasteiger partial charge >= 0.3 is 0 Å². The van der Waals surface area contributed by atoms with Gasteiger partial charge in [-0.1, -0.05) is 58.0 Å². The SMILES string of the molecule is CCOc1cccc(-c2nnc(SCc3ccccc3Br)n2C)c1. The summed E-state index contributed by atoms with van der Waals surface area (Å²) in [5.74, 6) is 2.53. The normalized spacial score (nSPS) is 10.8. The second kappa shape index (κ2) is 7.85. The van der Waals surface area contributed by atoms with Crippen molar-refractivity contribution in [2.75, 3.05) is 6.61 Å². The van der Waals surface area contributed by atoms with Crippen molar-refractivity contribution in [1.82, 2.24) is 14.8 Å². The number of benzene rings is 2. The molecule has 0 amide bonds. The summed E-state index contributed by atoms with van der Waals surface area (Å²) in [5, 5.41) is 9.57. The molecule has 124 valence electrons. The fraction of sp³-hybridized carbons (Fsp3) is 0.222. The number of ether oxygens (including phenoxy) is 1. The second-order valence-electron chi connectivity index (χ2n) is 5.21. The predicted molar refractivity (Wildman–Crippen MR) is 101 cm³/mol. The van der Waals surface area contributed by atoms with Crippen molar-refractivity contribution in [2.45, 2.75) is 17.8 Å². The quantitative estimate of drug-likeness (QED) is 0.546. The number of hydrogen-bond acceptors (Lipinski definition) is 4. The van der Waals surface area contributed by atoms with Gasteiger partial charge < -0.3 is 9.30 Å². The maximum absolute atomic E-state index is 5.57. The van der Waals surface area contributed by atoms with E-state index in [9.17, 15) is 0 Å². The molecule has 3 rings (SSSR count). The number of hydrogen-bond donors (Lipinski definition) is 0. The average molecular weight is 404 g/mol. The van der Waals surface area contributed by atoms with E-state index in [1.807, 2.05) is 54.9 Å². The predicted octanol–water partition coefficient (Wildman–Crippen LogP) is 4.94. The molecule has 0 saturated heterocycles. The first-order chi connectivity index (χ1) is 11.7. The minimum Gasteiger partial charge on any atom is -0.494 e. The van der Waals surface area contributed by atoms with E-state index in [4.69, 9.17) is 4.74 Å². The van der Waals surface area contributed by atoms with E-state index < -0.39 is 0 Å². The summed E-state index contributed by atoms with van der Waals surface area (Å²) >= 11 is 5.26. The highest BCUT2D eigenvalue weighted by molar-refractivity contribution is 9.10. The number of halogens is 1. The van der Waals surface area contributed by atoms with E-state index in [0.29, 0.717) is 6.61 Å². The lowest BCUT2D eigenvalue weighted by atomic mass is 10.2. The average Bonchev–Trinajstić information content (AvgIpc) is 2.95. The molecule has 0 atom stereocenters. The van der Waals surface area contributed by atoms with Crippen LogP contribution in [0.4, 0.5) is 0 Å². The minimum atomic E-state index is 0.648. The smallest absolute Gasteiger partial charge is 0.191 e. The van der Waals surface area contributed by atoms with Crippen molar-refractivity contribution in [3.05, 3.63) is 58.6 Å². The fourth-order valence-corrected chi connectivity index (χ4v) is 3.87. The summed E-state index contributed by atoms with van der Waals surface area (Å²) in [5.41, 5.74) is 2.24. The Morgan fingerprint density at radius 2 is 1.96 bits per heavy atom. The Hall–Kier alpha value is -1.79. The van der Waals surface area contributed by atoms with E-state index >= 15 is 0 Å². The molecule has 0 aliphatic heterocycles. The minimum absolute atomic E-state index is 0.648. The van der Waals surface area contributed by atoms with E-state index in [1.54, 1.807) is 11.8 Å². The van der Waals surface area contributed by atoms with Gasteiger partial charge in [-0.15, -0.1) is 10.2 Å². The highest BCUT2D eigenvalue weighted by atomic mass is 79.9. The van der Waals surface area contributed by atoms with Crippen molar-refractivity contribution in [2.24, 2.45) is 7.05 Å². The van der Waals surface area contributed by atoms with E-state index in [2.05, 4.69) is 38.3 Å². The van der Waals surface area contributed by atoms with Gasteiger partial charge in [0.1, 0.15) is 5.75 Å². The van der Waals surface area contributed by atoms with Crippen molar-refractivity contribution in [1.29, 1.82) is 0 Å². The molecule has 0 unspecified atom stereocenters. The molecule has 0 fully saturated rings. The van der Waals surface area contributed by atoms with Crippen LogP contribution in [0.5, 0.6) is 5.75 Å². The Morgan fingerprint density at radius 1 is 1.12 bits per heavy atom. The molecule has 0 bridgehead atoms. The van der Waals surface area contributed by atoms with E-state index in [-0.39, 0.29) is 0 Å². The molecule has 6 heteroatoms. The van der Waals surface area contributed by atoms with Crippen molar-refractivity contribution in [3.8, 4) is 17.1 Å². The zero-order chi connectivity index (χ0) is 16.9. The highest BCUT2D eigenvalue weighted by Crippen LogP contribution is 2.29. The topological polar surface area (TPSA) is 39.9 Å². The van der Waals surface area contributed by atoms with Gasteiger partial charge in [-0.25, -0.2) is 0 Å². The zero-order valence-corrected chi connectivity index (χ0v) is 16.0. The Labute approximate surface area is 154 Å². The molecular weight excluding hydrogens is 386 g/mol. The van der Waals surface area contributed by atoms with Gasteiger partial charge in [0, 0.05) is 22.8 Å². The molecule has 0 saturated carbocycles. The summed E-state index contributed by atoms with van der Waals surface area (Å²) in [6, 6.07) is 16.2. The Kier molecular flexibility index (Phi) is 5.58. The summed E-state index contributed by atoms with van der Waals surface area (Å²) in [7, 11) is 1.99. The first-order valence-corrected chi connectivity index (χ1v) is 9.45. The first-order valence-electron chi connectivity index (χ1n) is 7.68. The zero-order valence-electron chi connectivity index (χ0n) is 13.6. The molecule has 0 aliphatic rings. The monoisotopic (exact) mass is 403 g/mol. The van der Waals surface area contributed by atoms with Crippen LogP contribution in [0.15, 0.2) is 58.2 Å². The lowest BCUT2D eigenvalue weighted by Gasteiger charge is -2.07. The second-order valence-corrected chi connectivity index (χ2v) is 7.00. The van der Waals surface area contributed by atoms with Gasteiger partial charge in [0.25, 0.3) is 0 Å². The number of aromatic nitrogens is 3. The van der Waals surface area contributed by atoms with Crippen molar-refractivity contribution < 1.29 is 4.74 Å². The van der Waals surface area contributed by atoms with Crippen LogP contribution in [0.3, 0.4) is 0 Å². The van der Waals surface area contributed by atoms with Crippen LogP contribution in [0.2, 0.25) is 0 Å². The molecule has 1 aromatic heterocycles. The molecule has 1 heterocycles. The van der Waals surface area contributed by atoms with Crippen molar-refractivity contribution in [3.63, 3.8) is 0 Å². The molecule has 0 radical (unpaired) electrons. The van der Waals surface area contributed by atoms with Gasteiger partial charge in [0.2, 0.25) is 0 Å². The van der Waals surface area contributed by atoms with Crippen LogP contribution in [-0.4, -0.2) is 21.4 Å². The molecule has 2 aromatic carbocycles. The van der Waals surface area contributed by atoms with E-state index in [1.165, 1.54) is 5.56 Å². The third kappa shape index (κ3) is 3.82. The molecule has 0 spiro atoms. The number of rotatable bonds is 6. The molecular formula is C18H18BrN3OS. The van der Waals surface area contributed by atoms with Crippen LogP contribution >= 0.6 is 27.7 Å². The van der Waals surface area contributed by atoms with Crippen LogP contribution < -0.4 is 4.74 Å². The summed E-state index contributed by atoms with van der Waals surface area (Å²) in [6.07, 6.45) is 0. The van der Waals surface area contributed by atoms with Crippen LogP contribution in [0, 0.1) is 0 Å². The summed E-state index contributed by atoms with van der Waals surface area (Å²) < 4.78 is 8.70. The highest BCUT2D eigenvalue weighted by Gasteiger charge is 2.12. The van der Waals surface area contributed by atoms with Gasteiger partial charge in [-0.05, 0) is 30.7 Å². The van der Waals surface area contributed by atoms with Crippen LogP contribution in [-0.2, 0) is 12.8 Å². The third-order valence-electron chi connectivity index (χ3n) is 3.55. The lowest BCUT2D eigenvalue weighted by molar-refractivity contribution is 0.340. The molecule has 0 N–H and O–H groups in total. The van der Waals surface area contributed by atoms with Crippen LogP contribution in [0.25, 0.3) is 11.4 Å².